The molecule has 0 N–H and O–H groups in total. The van der Waals surface area contributed by atoms with Gasteiger partial charge in [-0.15, -0.1) is 6.58 Å². The summed E-state index contributed by atoms with van der Waals surface area (Å²) in [5.41, 5.74) is 0. The molecular formula is C33H72O5Si4. The Kier molecular flexibility index (Phi) is 12.8. The highest BCUT2D eigenvalue weighted by molar-refractivity contribution is 6.75. The summed E-state index contributed by atoms with van der Waals surface area (Å²) in [6.45, 7) is 50.9. The smallest absolute Gasteiger partial charge is 0.192 e. The van der Waals surface area contributed by atoms with Crippen LogP contribution in [0.5, 0.6) is 0 Å². The third-order valence-electron chi connectivity index (χ3n) is 11.3. The zero-order chi connectivity index (χ0) is 33.5. The summed E-state index contributed by atoms with van der Waals surface area (Å²) in [6, 6.07) is 0. The zero-order valence-corrected chi connectivity index (χ0v) is 35.6. The highest BCUT2D eigenvalue weighted by Crippen LogP contribution is 2.46. The molecule has 0 amide bonds. The molecule has 0 aromatic heterocycles. The fourth-order valence-electron chi connectivity index (χ4n) is 3.96. The van der Waals surface area contributed by atoms with Crippen molar-refractivity contribution in [3.8, 4) is 0 Å². The highest BCUT2D eigenvalue weighted by atomic mass is 28.4. The second-order valence-electron chi connectivity index (χ2n) is 18.8. The van der Waals surface area contributed by atoms with E-state index in [9.17, 15) is 0 Å². The molecule has 1 heterocycles. The Balaban J connectivity index is 3.90. The maximum Gasteiger partial charge on any atom is 0.192 e. The average Bonchev–Trinajstić information content (AvgIpc) is 2.73. The third-order valence-corrected chi connectivity index (χ3v) is 29.2. The average molecular weight is 661 g/mol. The van der Waals surface area contributed by atoms with Crippen LogP contribution in [0.2, 0.25) is 72.5 Å². The second-order valence-corrected chi connectivity index (χ2v) is 37.9. The molecule has 5 nitrogen and oxygen atoms in total. The summed E-state index contributed by atoms with van der Waals surface area (Å²) >= 11 is 0. The van der Waals surface area contributed by atoms with Crippen molar-refractivity contribution in [3.05, 3.63) is 12.7 Å². The van der Waals surface area contributed by atoms with Gasteiger partial charge in [-0.3, -0.25) is 0 Å². The monoisotopic (exact) mass is 660 g/mol. The number of ether oxygens (including phenoxy) is 1. The molecule has 0 radical (unpaired) electrons. The molecule has 9 heteroatoms. The molecule has 0 spiro atoms. The summed E-state index contributed by atoms with van der Waals surface area (Å²) in [5.74, 6) is 0. The molecule has 0 unspecified atom stereocenters. The Bertz CT molecular complexity index is 888. The summed E-state index contributed by atoms with van der Waals surface area (Å²) in [7, 11) is -8.69. The van der Waals surface area contributed by atoms with Gasteiger partial charge in [-0.25, -0.2) is 0 Å². The van der Waals surface area contributed by atoms with Gasteiger partial charge in [0.15, 0.2) is 33.3 Å². The lowest BCUT2D eigenvalue weighted by Gasteiger charge is -2.55. The van der Waals surface area contributed by atoms with Crippen molar-refractivity contribution < 1.29 is 22.4 Å². The first-order chi connectivity index (χ1) is 18.3. The summed E-state index contributed by atoms with van der Waals surface area (Å²) < 4.78 is 36.1. The van der Waals surface area contributed by atoms with E-state index in [-0.39, 0.29) is 50.7 Å². The normalized spacial score (nSPS) is 26.0. The van der Waals surface area contributed by atoms with Gasteiger partial charge in [0.25, 0.3) is 0 Å². The van der Waals surface area contributed by atoms with E-state index in [1.165, 1.54) is 0 Å². The van der Waals surface area contributed by atoms with Crippen LogP contribution in [0.25, 0.3) is 0 Å². The maximum atomic E-state index is 7.47. The SMILES string of the molecule is C=CC[C@H]1O[C@H](CO[Si](C)(C)C(C)(C)C)[C@@H](O[Si](C)(C)C(C)(C)C)[C@H](O[Si](C)(C)C(C)(C)C)[C@@H]1O[Si](C)(C)C(C)(C)C. The van der Waals surface area contributed by atoms with E-state index in [0.717, 1.165) is 0 Å². The van der Waals surface area contributed by atoms with Crippen LogP contribution >= 0.6 is 0 Å². The molecule has 0 aromatic carbocycles. The van der Waals surface area contributed by atoms with Gasteiger partial charge in [-0.05, 0) is 78.9 Å². The van der Waals surface area contributed by atoms with Crippen LogP contribution in [-0.4, -0.2) is 70.4 Å². The van der Waals surface area contributed by atoms with E-state index < -0.39 is 33.3 Å². The fraction of sp³-hybridized carbons (Fsp3) is 0.939. The van der Waals surface area contributed by atoms with E-state index >= 15 is 0 Å². The van der Waals surface area contributed by atoms with Gasteiger partial charge in [-0.2, -0.15) is 0 Å². The Morgan fingerprint density at radius 1 is 0.524 bits per heavy atom. The van der Waals surface area contributed by atoms with Crippen LogP contribution in [0.1, 0.15) is 89.5 Å². The standard InChI is InChI=1S/C33H72O5Si4/c1-22-23-25-27(36-40(16,17)31(5,6)7)29(38-42(20,21)33(11,12)13)28(37-41(18,19)32(8,9)10)26(35-25)24-34-39(14,15)30(2,3)4/h22,25-29H,1,23-24H2,2-21H3/t25-,26-,27-,28-,29-/m1/s1. The quantitative estimate of drug-likeness (QED) is 0.163. The largest absolute Gasteiger partial charge is 0.414 e. The molecule has 1 aliphatic rings. The molecular weight excluding hydrogens is 589 g/mol. The van der Waals surface area contributed by atoms with Crippen LogP contribution in [0.4, 0.5) is 0 Å². The Hall–Kier alpha value is 0.408. The van der Waals surface area contributed by atoms with E-state index in [2.05, 4.69) is 142 Å². The third kappa shape index (κ3) is 9.71. The van der Waals surface area contributed by atoms with E-state index in [1.807, 2.05) is 6.08 Å². The number of hydrogen-bond acceptors (Lipinski definition) is 5. The van der Waals surface area contributed by atoms with Gasteiger partial charge < -0.3 is 22.4 Å². The lowest BCUT2D eigenvalue weighted by atomic mass is 9.93. The van der Waals surface area contributed by atoms with Crippen molar-refractivity contribution >= 4 is 33.3 Å². The molecule has 0 bridgehead atoms. The molecule has 1 saturated heterocycles. The van der Waals surface area contributed by atoms with Gasteiger partial charge in [0.05, 0.1) is 18.8 Å². The number of hydrogen-bond donors (Lipinski definition) is 0. The van der Waals surface area contributed by atoms with Crippen molar-refractivity contribution in [2.75, 3.05) is 6.61 Å². The van der Waals surface area contributed by atoms with Gasteiger partial charge in [0, 0.05) is 0 Å². The lowest BCUT2D eigenvalue weighted by molar-refractivity contribution is -0.214. The fourth-order valence-corrected chi connectivity index (χ4v) is 8.91. The highest BCUT2D eigenvalue weighted by Gasteiger charge is 2.56. The van der Waals surface area contributed by atoms with Crippen molar-refractivity contribution in [1.29, 1.82) is 0 Å². The minimum absolute atomic E-state index is 0.0348. The molecule has 1 rings (SSSR count). The number of rotatable bonds is 11. The molecule has 5 atom stereocenters. The maximum absolute atomic E-state index is 7.47. The van der Waals surface area contributed by atoms with E-state index in [0.29, 0.717) is 13.0 Å². The van der Waals surface area contributed by atoms with Crippen LogP contribution < -0.4 is 0 Å². The van der Waals surface area contributed by atoms with Gasteiger partial charge in [-0.1, -0.05) is 89.2 Å². The zero-order valence-electron chi connectivity index (χ0n) is 31.6. The molecule has 0 saturated carbocycles. The van der Waals surface area contributed by atoms with Gasteiger partial charge >= 0.3 is 0 Å². The predicted molar refractivity (Wildman–Crippen MR) is 193 cm³/mol. The molecule has 250 valence electrons. The van der Waals surface area contributed by atoms with Crippen LogP contribution in [0, 0.1) is 0 Å². The van der Waals surface area contributed by atoms with Gasteiger partial charge in [0.2, 0.25) is 0 Å². The van der Waals surface area contributed by atoms with Crippen LogP contribution in [0.3, 0.4) is 0 Å². The molecule has 1 fully saturated rings. The molecule has 1 aliphatic heterocycles. The van der Waals surface area contributed by atoms with Crippen LogP contribution in [-0.2, 0) is 22.4 Å². The minimum atomic E-state index is -2.23. The minimum Gasteiger partial charge on any atom is -0.414 e. The first kappa shape index (κ1) is 40.4. The second kappa shape index (κ2) is 13.3. The molecule has 0 aliphatic carbocycles. The molecule has 0 aromatic rings. The van der Waals surface area contributed by atoms with Crippen LogP contribution in [0.15, 0.2) is 12.7 Å². The van der Waals surface area contributed by atoms with Crippen molar-refractivity contribution in [2.45, 2.75) is 193 Å². The molecule has 42 heavy (non-hydrogen) atoms. The van der Waals surface area contributed by atoms with Crippen molar-refractivity contribution in [3.63, 3.8) is 0 Å². The Morgan fingerprint density at radius 2 is 0.833 bits per heavy atom. The Labute approximate surface area is 266 Å². The first-order valence-electron chi connectivity index (χ1n) is 16.3. The summed E-state index contributed by atoms with van der Waals surface area (Å²) in [6.07, 6.45) is 1.42. The van der Waals surface area contributed by atoms with E-state index in [1.54, 1.807) is 0 Å². The lowest BCUT2D eigenvalue weighted by Crippen LogP contribution is -2.68. The predicted octanol–water partition coefficient (Wildman–Crippen LogP) is 10.5. The van der Waals surface area contributed by atoms with E-state index in [4.69, 9.17) is 22.4 Å². The van der Waals surface area contributed by atoms with Crippen molar-refractivity contribution in [1.82, 2.24) is 0 Å². The summed E-state index contributed by atoms with van der Waals surface area (Å²) in [4.78, 5) is 0. The first-order valence-corrected chi connectivity index (χ1v) is 27.9. The Morgan fingerprint density at radius 3 is 1.14 bits per heavy atom. The van der Waals surface area contributed by atoms with Crippen molar-refractivity contribution in [2.24, 2.45) is 0 Å². The summed E-state index contributed by atoms with van der Waals surface area (Å²) in [5, 5.41) is 0.219. The topological polar surface area (TPSA) is 46.2 Å². The van der Waals surface area contributed by atoms with Gasteiger partial charge in [0.1, 0.15) is 18.3 Å².